The van der Waals surface area contributed by atoms with Gasteiger partial charge in [0.15, 0.2) is 0 Å². The van der Waals surface area contributed by atoms with Crippen LogP contribution in [0.5, 0.6) is 0 Å². The van der Waals surface area contributed by atoms with Crippen molar-refractivity contribution in [3.05, 3.63) is 45.9 Å². The van der Waals surface area contributed by atoms with E-state index in [0.29, 0.717) is 12.2 Å². The molecule has 0 atom stereocenters. The van der Waals surface area contributed by atoms with Crippen molar-refractivity contribution < 1.29 is 4.79 Å². The average molecular weight is 259 g/mol. The minimum atomic E-state index is -0.00912. The van der Waals surface area contributed by atoms with Gasteiger partial charge in [0.1, 0.15) is 5.69 Å². The second kappa shape index (κ2) is 4.42. The SMILES string of the molecule is Nc1cccc2c1CN(C(=O)c1cscn1)CC2. The molecule has 1 aliphatic rings. The summed E-state index contributed by atoms with van der Waals surface area (Å²) in [6.45, 7) is 1.31. The zero-order chi connectivity index (χ0) is 12.5. The molecule has 18 heavy (non-hydrogen) atoms. The molecule has 0 aliphatic carbocycles. The number of aromatic nitrogens is 1. The minimum absolute atomic E-state index is 0.00912. The van der Waals surface area contributed by atoms with Crippen LogP contribution in [0.15, 0.2) is 29.1 Å². The van der Waals surface area contributed by atoms with Gasteiger partial charge >= 0.3 is 0 Å². The molecule has 1 aromatic heterocycles. The van der Waals surface area contributed by atoms with Gasteiger partial charge in [-0.2, -0.15) is 0 Å². The number of carbonyl (C=O) groups is 1. The number of nitrogens with zero attached hydrogens (tertiary/aromatic N) is 2. The number of benzene rings is 1. The molecule has 0 spiro atoms. The van der Waals surface area contributed by atoms with Crippen molar-refractivity contribution in [2.75, 3.05) is 12.3 Å². The average Bonchev–Trinajstić information content (AvgIpc) is 2.92. The summed E-state index contributed by atoms with van der Waals surface area (Å²) < 4.78 is 0. The van der Waals surface area contributed by atoms with Gasteiger partial charge in [0.2, 0.25) is 0 Å². The van der Waals surface area contributed by atoms with E-state index in [1.54, 1.807) is 10.9 Å². The van der Waals surface area contributed by atoms with Gasteiger partial charge in [-0.3, -0.25) is 4.79 Å². The Bertz CT molecular complexity index is 580. The number of hydrogen-bond acceptors (Lipinski definition) is 4. The highest BCUT2D eigenvalue weighted by Crippen LogP contribution is 2.25. The molecule has 0 radical (unpaired) electrons. The van der Waals surface area contributed by atoms with Gasteiger partial charge in [-0.1, -0.05) is 12.1 Å². The molecule has 0 fully saturated rings. The maximum Gasteiger partial charge on any atom is 0.273 e. The molecule has 5 heteroatoms. The molecule has 3 rings (SSSR count). The van der Waals surface area contributed by atoms with Crippen molar-refractivity contribution >= 4 is 22.9 Å². The summed E-state index contributed by atoms with van der Waals surface area (Å²) >= 11 is 1.44. The van der Waals surface area contributed by atoms with Gasteiger partial charge in [0.05, 0.1) is 5.51 Å². The fourth-order valence-corrected chi connectivity index (χ4v) is 2.79. The Hall–Kier alpha value is -1.88. The number of nitrogen functional groups attached to an aromatic ring is 1. The summed E-state index contributed by atoms with van der Waals surface area (Å²) in [6.07, 6.45) is 0.857. The highest BCUT2D eigenvalue weighted by molar-refractivity contribution is 7.07. The fraction of sp³-hybridized carbons (Fsp3) is 0.231. The van der Waals surface area contributed by atoms with Crippen LogP contribution in [0.1, 0.15) is 21.6 Å². The lowest BCUT2D eigenvalue weighted by Gasteiger charge is -2.29. The lowest BCUT2D eigenvalue weighted by atomic mass is 9.98. The lowest BCUT2D eigenvalue weighted by molar-refractivity contribution is 0.0730. The van der Waals surface area contributed by atoms with Crippen molar-refractivity contribution in [2.45, 2.75) is 13.0 Å². The lowest BCUT2D eigenvalue weighted by Crippen LogP contribution is -2.36. The Morgan fingerprint density at radius 1 is 1.44 bits per heavy atom. The monoisotopic (exact) mass is 259 g/mol. The third kappa shape index (κ3) is 1.86. The number of nitrogens with two attached hydrogens (primary N) is 1. The molecule has 92 valence electrons. The maximum atomic E-state index is 12.2. The third-order valence-corrected chi connectivity index (χ3v) is 3.83. The zero-order valence-electron chi connectivity index (χ0n) is 9.80. The molecule has 0 bridgehead atoms. The van der Waals surface area contributed by atoms with Gasteiger partial charge < -0.3 is 10.6 Å². The number of rotatable bonds is 1. The van der Waals surface area contributed by atoms with E-state index in [1.807, 2.05) is 17.0 Å². The van der Waals surface area contributed by atoms with Crippen LogP contribution in [0.25, 0.3) is 0 Å². The minimum Gasteiger partial charge on any atom is -0.398 e. The second-order valence-electron chi connectivity index (χ2n) is 4.34. The highest BCUT2D eigenvalue weighted by Gasteiger charge is 2.23. The van der Waals surface area contributed by atoms with Crippen LogP contribution in [0, 0.1) is 0 Å². The van der Waals surface area contributed by atoms with E-state index in [-0.39, 0.29) is 5.91 Å². The van der Waals surface area contributed by atoms with Gasteiger partial charge in [0.25, 0.3) is 5.91 Å². The molecule has 4 nitrogen and oxygen atoms in total. The van der Waals surface area contributed by atoms with E-state index < -0.39 is 0 Å². The first kappa shape index (κ1) is 11.2. The summed E-state index contributed by atoms with van der Waals surface area (Å²) in [5, 5.41) is 1.78. The quantitative estimate of drug-likeness (QED) is 0.796. The summed E-state index contributed by atoms with van der Waals surface area (Å²) in [5.74, 6) is -0.00912. The molecule has 1 aromatic carbocycles. The predicted molar refractivity (Wildman–Crippen MR) is 71.4 cm³/mol. The van der Waals surface area contributed by atoms with E-state index in [0.717, 1.165) is 24.2 Å². The Morgan fingerprint density at radius 3 is 3.11 bits per heavy atom. The third-order valence-electron chi connectivity index (χ3n) is 3.25. The molecule has 2 heterocycles. The Labute approximate surface area is 109 Å². The molecule has 2 N–H and O–H groups in total. The number of hydrogen-bond donors (Lipinski definition) is 1. The van der Waals surface area contributed by atoms with E-state index >= 15 is 0 Å². The van der Waals surface area contributed by atoms with Crippen molar-refractivity contribution in [3.63, 3.8) is 0 Å². The van der Waals surface area contributed by atoms with E-state index in [9.17, 15) is 4.79 Å². The van der Waals surface area contributed by atoms with Crippen molar-refractivity contribution in [2.24, 2.45) is 0 Å². The summed E-state index contributed by atoms with van der Waals surface area (Å²) in [5.41, 5.74) is 11.3. The number of carbonyl (C=O) groups excluding carboxylic acids is 1. The molecular formula is C13H13N3OS. The van der Waals surface area contributed by atoms with Gasteiger partial charge in [-0.05, 0) is 23.6 Å². The fourth-order valence-electron chi connectivity index (χ4n) is 2.26. The number of anilines is 1. The number of fused-ring (bicyclic) bond motifs is 1. The number of thiazole rings is 1. The van der Waals surface area contributed by atoms with Crippen LogP contribution in [0.2, 0.25) is 0 Å². The van der Waals surface area contributed by atoms with Gasteiger partial charge in [-0.15, -0.1) is 11.3 Å². The van der Waals surface area contributed by atoms with Crippen LogP contribution >= 0.6 is 11.3 Å². The van der Waals surface area contributed by atoms with Crippen LogP contribution in [-0.4, -0.2) is 22.3 Å². The summed E-state index contributed by atoms with van der Waals surface area (Å²) in [6, 6.07) is 5.93. The standard InChI is InChI=1S/C13H13N3OS/c14-11-3-1-2-9-4-5-16(6-10(9)11)13(17)12-7-18-8-15-12/h1-3,7-8H,4-6,14H2. The van der Waals surface area contributed by atoms with Crippen LogP contribution in [0.3, 0.4) is 0 Å². The Kier molecular flexibility index (Phi) is 2.76. The molecule has 1 aliphatic heterocycles. The van der Waals surface area contributed by atoms with E-state index in [1.165, 1.54) is 16.9 Å². The molecule has 1 amide bonds. The zero-order valence-corrected chi connectivity index (χ0v) is 10.6. The first-order valence-electron chi connectivity index (χ1n) is 5.79. The van der Waals surface area contributed by atoms with Crippen molar-refractivity contribution in [1.82, 2.24) is 9.88 Å². The maximum absolute atomic E-state index is 12.2. The second-order valence-corrected chi connectivity index (χ2v) is 5.05. The predicted octanol–water partition coefficient (Wildman–Crippen LogP) is 1.92. The first-order chi connectivity index (χ1) is 8.75. The number of amides is 1. The van der Waals surface area contributed by atoms with Crippen LogP contribution in [-0.2, 0) is 13.0 Å². The van der Waals surface area contributed by atoms with E-state index in [2.05, 4.69) is 11.1 Å². The smallest absolute Gasteiger partial charge is 0.273 e. The summed E-state index contributed by atoms with van der Waals surface area (Å²) in [7, 11) is 0. The van der Waals surface area contributed by atoms with Crippen molar-refractivity contribution in [3.8, 4) is 0 Å². The largest absolute Gasteiger partial charge is 0.398 e. The Morgan fingerprint density at radius 2 is 2.33 bits per heavy atom. The normalized spacial score (nSPS) is 14.3. The summed E-state index contributed by atoms with van der Waals surface area (Å²) in [4.78, 5) is 18.1. The molecular weight excluding hydrogens is 246 g/mol. The molecule has 0 unspecified atom stereocenters. The molecule has 0 saturated carbocycles. The van der Waals surface area contributed by atoms with E-state index in [4.69, 9.17) is 5.73 Å². The van der Waals surface area contributed by atoms with Crippen LogP contribution < -0.4 is 5.73 Å². The molecule has 2 aromatic rings. The van der Waals surface area contributed by atoms with Gasteiger partial charge in [-0.25, -0.2) is 4.98 Å². The van der Waals surface area contributed by atoms with Gasteiger partial charge in [0, 0.05) is 24.2 Å². The Balaban J connectivity index is 1.87. The highest BCUT2D eigenvalue weighted by atomic mass is 32.1. The van der Waals surface area contributed by atoms with Crippen molar-refractivity contribution in [1.29, 1.82) is 0 Å². The molecule has 0 saturated heterocycles. The first-order valence-corrected chi connectivity index (χ1v) is 6.73. The topological polar surface area (TPSA) is 59.2 Å². The van der Waals surface area contributed by atoms with Crippen LogP contribution in [0.4, 0.5) is 5.69 Å².